The van der Waals surface area contributed by atoms with Gasteiger partial charge in [0, 0.05) is 17.4 Å². The van der Waals surface area contributed by atoms with Gasteiger partial charge in [-0.1, -0.05) is 54.6 Å². The highest BCUT2D eigenvalue weighted by Crippen LogP contribution is 2.23. The van der Waals surface area contributed by atoms with Gasteiger partial charge in [0.15, 0.2) is 0 Å². The van der Waals surface area contributed by atoms with E-state index in [2.05, 4.69) is 10.6 Å². The fourth-order valence-electron chi connectivity index (χ4n) is 2.56. The number of para-hydroxylation sites is 1. The third-order valence-corrected chi connectivity index (χ3v) is 3.82. The lowest BCUT2D eigenvalue weighted by molar-refractivity contribution is -0.117. The van der Waals surface area contributed by atoms with Gasteiger partial charge in [-0.3, -0.25) is 4.79 Å². The van der Waals surface area contributed by atoms with Crippen LogP contribution in [-0.2, 0) is 4.79 Å². The quantitative estimate of drug-likeness (QED) is 0.699. The zero-order valence-corrected chi connectivity index (χ0v) is 14.0. The Morgan fingerprint density at radius 3 is 2.16 bits per heavy atom. The van der Waals surface area contributed by atoms with E-state index in [0.29, 0.717) is 11.4 Å². The lowest BCUT2D eigenvalue weighted by atomic mass is 10.1. The van der Waals surface area contributed by atoms with Gasteiger partial charge in [0.05, 0.1) is 7.11 Å². The average Bonchev–Trinajstić information content (AvgIpc) is 2.67. The number of methoxy groups -OCH3 is 1. The first-order chi connectivity index (χ1) is 12.3. The number of hydrogen-bond donors (Lipinski definition) is 2. The van der Waals surface area contributed by atoms with E-state index in [4.69, 9.17) is 4.74 Å². The zero-order chi connectivity index (χ0) is 17.5. The molecule has 0 saturated heterocycles. The van der Waals surface area contributed by atoms with Crippen molar-refractivity contribution in [3.63, 3.8) is 0 Å². The van der Waals surface area contributed by atoms with Gasteiger partial charge in [-0.05, 0) is 29.8 Å². The minimum atomic E-state index is -0.505. The molecule has 0 fully saturated rings. The highest BCUT2D eigenvalue weighted by atomic mass is 16.5. The second-order valence-corrected chi connectivity index (χ2v) is 5.58. The van der Waals surface area contributed by atoms with Gasteiger partial charge in [0.25, 0.3) is 5.91 Å². The summed E-state index contributed by atoms with van der Waals surface area (Å²) in [6, 6.07) is 26.2. The Labute approximate surface area is 147 Å². The maximum Gasteiger partial charge on any atom is 0.251 e. The van der Waals surface area contributed by atoms with Gasteiger partial charge in [0.2, 0.25) is 0 Å². The highest BCUT2D eigenvalue weighted by molar-refractivity contribution is 5.97. The number of ether oxygens (including phenoxy) is 1. The van der Waals surface area contributed by atoms with Crippen LogP contribution in [0.25, 0.3) is 0 Å². The van der Waals surface area contributed by atoms with Crippen molar-refractivity contribution >= 4 is 17.3 Å². The number of carbonyl (C=O) groups is 1. The Bertz CT molecular complexity index is 820. The molecular formula is C21H20N2O2. The molecule has 0 unspecified atom stereocenters. The second kappa shape index (κ2) is 8.02. The molecule has 0 aliphatic rings. The lowest BCUT2D eigenvalue weighted by Gasteiger charge is -2.20. The molecule has 1 amide bonds. The van der Waals surface area contributed by atoms with E-state index in [1.807, 2.05) is 78.9 Å². The number of amides is 1. The van der Waals surface area contributed by atoms with Gasteiger partial charge in [0.1, 0.15) is 11.8 Å². The maximum absolute atomic E-state index is 12.9. The van der Waals surface area contributed by atoms with Crippen LogP contribution >= 0.6 is 0 Å². The van der Waals surface area contributed by atoms with Crippen LogP contribution in [0.4, 0.5) is 11.4 Å². The van der Waals surface area contributed by atoms with Gasteiger partial charge < -0.3 is 15.4 Å². The minimum Gasteiger partial charge on any atom is -0.497 e. The maximum atomic E-state index is 12.9. The van der Waals surface area contributed by atoms with Gasteiger partial charge in [-0.25, -0.2) is 0 Å². The molecule has 3 aromatic rings. The van der Waals surface area contributed by atoms with E-state index in [-0.39, 0.29) is 5.91 Å². The first kappa shape index (κ1) is 16.6. The molecule has 2 N–H and O–H groups in total. The summed E-state index contributed by atoms with van der Waals surface area (Å²) in [6.45, 7) is 0. The number of rotatable bonds is 6. The Morgan fingerprint density at radius 2 is 1.48 bits per heavy atom. The monoisotopic (exact) mass is 332 g/mol. The van der Waals surface area contributed by atoms with Crippen LogP contribution < -0.4 is 15.4 Å². The summed E-state index contributed by atoms with van der Waals surface area (Å²) in [5.74, 6) is 0.563. The molecular weight excluding hydrogens is 312 g/mol. The molecule has 0 spiro atoms. The summed E-state index contributed by atoms with van der Waals surface area (Å²) in [7, 11) is 1.60. The zero-order valence-electron chi connectivity index (χ0n) is 14.0. The van der Waals surface area contributed by atoms with Gasteiger partial charge in [-0.2, -0.15) is 0 Å². The van der Waals surface area contributed by atoms with Gasteiger partial charge >= 0.3 is 0 Å². The van der Waals surface area contributed by atoms with E-state index in [1.54, 1.807) is 13.2 Å². The summed E-state index contributed by atoms with van der Waals surface area (Å²) in [5.41, 5.74) is 2.48. The molecule has 3 aromatic carbocycles. The molecule has 0 radical (unpaired) electrons. The molecule has 4 heteroatoms. The van der Waals surface area contributed by atoms with Crippen LogP contribution in [0, 0.1) is 0 Å². The second-order valence-electron chi connectivity index (χ2n) is 5.58. The number of hydrogen-bond acceptors (Lipinski definition) is 3. The predicted octanol–water partition coefficient (Wildman–Crippen LogP) is 4.49. The fourth-order valence-corrected chi connectivity index (χ4v) is 2.56. The van der Waals surface area contributed by atoms with Crippen molar-refractivity contribution in [3.05, 3.63) is 90.5 Å². The Balaban J connectivity index is 1.84. The molecule has 1 atom stereocenters. The van der Waals surface area contributed by atoms with Crippen molar-refractivity contribution in [3.8, 4) is 5.75 Å². The number of benzene rings is 3. The first-order valence-electron chi connectivity index (χ1n) is 8.08. The minimum absolute atomic E-state index is 0.136. The predicted molar refractivity (Wildman–Crippen MR) is 101 cm³/mol. The van der Waals surface area contributed by atoms with Crippen molar-refractivity contribution in [2.24, 2.45) is 0 Å². The number of carbonyl (C=O) groups excluding carboxylic acids is 1. The topological polar surface area (TPSA) is 50.4 Å². The third-order valence-electron chi connectivity index (χ3n) is 3.82. The molecule has 0 aliphatic heterocycles. The van der Waals surface area contributed by atoms with E-state index < -0.39 is 6.04 Å². The molecule has 0 aromatic heterocycles. The standard InChI is InChI=1S/C21H20N2O2/c1-25-19-14-8-13-18(15-19)23-21(24)20(16-9-4-2-5-10-16)22-17-11-6-3-7-12-17/h2-15,20,22H,1H3,(H,23,24)/t20-/m0/s1. The van der Waals surface area contributed by atoms with E-state index in [1.165, 1.54) is 0 Å². The van der Waals surface area contributed by atoms with E-state index in [9.17, 15) is 4.79 Å². The molecule has 126 valence electrons. The Kier molecular flexibility index (Phi) is 5.32. The summed E-state index contributed by atoms with van der Waals surface area (Å²) in [6.07, 6.45) is 0. The molecule has 0 bridgehead atoms. The molecule has 0 heterocycles. The molecule has 0 aliphatic carbocycles. The highest BCUT2D eigenvalue weighted by Gasteiger charge is 2.20. The average molecular weight is 332 g/mol. The largest absolute Gasteiger partial charge is 0.497 e. The van der Waals surface area contributed by atoms with Crippen LogP contribution in [0.5, 0.6) is 5.75 Å². The lowest BCUT2D eigenvalue weighted by Crippen LogP contribution is -2.27. The summed E-state index contributed by atoms with van der Waals surface area (Å²) >= 11 is 0. The number of anilines is 2. The van der Waals surface area contributed by atoms with Crippen molar-refractivity contribution in [1.82, 2.24) is 0 Å². The van der Waals surface area contributed by atoms with Crippen LogP contribution in [0.15, 0.2) is 84.9 Å². The smallest absolute Gasteiger partial charge is 0.251 e. The summed E-state index contributed by atoms with van der Waals surface area (Å²) in [4.78, 5) is 12.9. The molecule has 25 heavy (non-hydrogen) atoms. The number of nitrogens with one attached hydrogen (secondary N) is 2. The van der Waals surface area contributed by atoms with Crippen LogP contribution in [0.3, 0.4) is 0 Å². The Hall–Kier alpha value is -3.27. The normalized spacial score (nSPS) is 11.4. The van der Waals surface area contributed by atoms with Crippen molar-refractivity contribution in [2.75, 3.05) is 17.7 Å². The van der Waals surface area contributed by atoms with Crippen LogP contribution in [0.2, 0.25) is 0 Å². The van der Waals surface area contributed by atoms with E-state index in [0.717, 1.165) is 11.3 Å². The third kappa shape index (κ3) is 4.38. The first-order valence-corrected chi connectivity index (χ1v) is 8.08. The van der Waals surface area contributed by atoms with Crippen molar-refractivity contribution in [1.29, 1.82) is 0 Å². The fraction of sp³-hybridized carbons (Fsp3) is 0.0952. The molecule has 0 saturated carbocycles. The Morgan fingerprint density at radius 1 is 0.840 bits per heavy atom. The summed E-state index contributed by atoms with van der Waals surface area (Å²) in [5, 5.41) is 6.25. The summed E-state index contributed by atoms with van der Waals surface area (Å²) < 4.78 is 5.21. The van der Waals surface area contributed by atoms with Crippen molar-refractivity contribution in [2.45, 2.75) is 6.04 Å². The van der Waals surface area contributed by atoms with Gasteiger partial charge in [-0.15, -0.1) is 0 Å². The molecule has 3 rings (SSSR count). The van der Waals surface area contributed by atoms with Crippen molar-refractivity contribution < 1.29 is 9.53 Å². The van der Waals surface area contributed by atoms with E-state index >= 15 is 0 Å². The van der Waals surface area contributed by atoms with Crippen LogP contribution in [-0.4, -0.2) is 13.0 Å². The molecule has 4 nitrogen and oxygen atoms in total. The van der Waals surface area contributed by atoms with Crippen LogP contribution in [0.1, 0.15) is 11.6 Å². The SMILES string of the molecule is COc1cccc(NC(=O)[C@@H](Nc2ccccc2)c2ccccc2)c1.